The summed E-state index contributed by atoms with van der Waals surface area (Å²) in [4.78, 5) is 27.1. The summed E-state index contributed by atoms with van der Waals surface area (Å²) in [7, 11) is 1.60. The summed E-state index contributed by atoms with van der Waals surface area (Å²) in [6.45, 7) is 5.95. The highest BCUT2D eigenvalue weighted by Crippen LogP contribution is 2.21. The zero-order chi connectivity index (χ0) is 21.6. The van der Waals surface area contributed by atoms with E-state index in [9.17, 15) is 9.59 Å². The zero-order valence-corrected chi connectivity index (χ0v) is 18.6. The molecule has 0 spiro atoms. The molecule has 2 amide bonds. The van der Waals surface area contributed by atoms with E-state index in [1.54, 1.807) is 37.1 Å². The van der Waals surface area contributed by atoms with Crippen molar-refractivity contribution in [3.05, 3.63) is 63.6 Å². The highest BCUT2D eigenvalue weighted by molar-refractivity contribution is 6.35. The Morgan fingerprint density at radius 3 is 2.28 bits per heavy atom. The molecule has 1 N–H and O–H groups in total. The number of hydrogen-bond donors (Lipinski definition) is 1. The van der Waals surface area contributed by atoms with Crippen LogP contribution in [0.1, 0.15) is 31.9 Å². The van der Waals surface area contributed by atoms with Crippen LogP contribution in [0.2, 0.25) is 10.0 Å². The Morgan fingerprint density at radius 2 is 1.72 bits per heavy atom. The smallest absolute Gasteiger partial charge is 0.242 e. The minimum atomic E-state index is -0.641. The zero-order valence-electron chi connectivity index (χ0n) is 17.0. The molecule has 0 unspecified atom stereocenters. The average molecular weight is 437 g/mol. The predicted molar refractivity (Wildman–Crippen MR) is 116 cm³/mol. The van der Waals surface area contributed by atoms with Crippen LogP contribution in [0.4, 0.5) is 0 Å². The lowest BCUT2D eigenvalue weighted by Crippen LogP contribution is -2.48. The highest BCUT2D eigenvalue weighted by Gasteiger charge is 2.27. The van der Waals surface area contributed by atoms with Crippen molar-refractivity contribution in [3.63, 3.8) is 0 Å². The minimum absolute atomic E-state index is 0.0898. The van der Waals surface area contributed by atoms with Crippen molar-refractivity contribution in [2.75, 3.05) is 7.11 Å². The maximum atomic E-state index is 12.8. The van der Waals surface area contributed by atoms with Gasteiger partial charge in [-0.15, -0.1) is 0 Å². The van der Waals surface area contributed by atoms with Crippen LogP contribution in [0.25, 0.3) is 0 Å². The Kier molecular flexibility index (Phi) is 8.35. The quantitative estimate of drug-likeness (QED) is 0.652. The molecule has 0 heterocycles. The lowest BCUT2D eigenvalue weighted by molar-refractivity contribution is -0.143. The van der Waals surface area contributed by atoms with Crippen LogP contribution in [-0.2, 0) is 22.7 Å². The van der Waals surface area contributed by atoms with E-state index in [0.717, 1.165) is 16.9 Å². The van der Waals surface area contributed by atoms with Crippen LogP contribution in [0.3, 0.4) is 0 Å². The summed E-state index contributed by atoms with van der Waals surface area (Å²) in [5.41, 5.74) is 1.67. The number of rotatable bonds is 8. The molecule has 0 aliphatic rings. The van der Waals surface area contributed by atoms with E-state index in [2.05, 4.69) is 5.32 Å². The molecular weight excluding hydrogens is 411 g/mol. The third-order valence-corrected chi connectivity index (χ3v) is 5.19. The minimum Gasteiger partial charge on any atom is -0.497 e. The molecule has 0 fully saturated rings. The fourth-order valence-electron chi connectivity index (χ4n) is 2.80. The molecule has 2 aromatic rings. The van der Waals surface area contributed by atoms with E-state index in [-0.39, 0.29) is 24.3 Å². The highest BCUT2D eigenvalue weighted by atomic mass is 35.5. The van der Waals surface area contributed by atoms with Gasteiger partial charge in [0.15, 0.2) is 0 Å². The summed E-state index contributed by atoms with van der Waals surface area (Å²) >= 11 is 12.1. The van der Waals surface area contributed by atoms with Gasteiger partial charge in [0, 0.05) is 29.1 Å². The number of amides is 2. The van der Waals surface area contributed by atoms with Gasteiger partial charge in [0.2, 0.25) is 11.8 Å². The lowest BCUT2D eigenvalue weighted by Gasteiger charge is -2.30. The first-order chi connectivity index (χ1) is 13.7. The lowest BCUT2D eigenvalue weighted by atomic mass is 10.1. The molecule has 5 nitrogen and oxygen atoms in total. The molecule has 0 aromatic heterocycles. The predicted octanol–water partition coefficient (Wildman–Crippen LogP) is 4.69. The van der Waals surface area contributed by atoms with Gasteiger partial charge in [-0.05, 0) is 42.3 Å². The summed E-state index contributed by atoms with van der Waals surface area (Å²) in [6, 6.07) is 11.9. The average Bonchev–Trinajstić information content (AvgIpc) is 2.70. The molecule has 0 bridgehead atoms. The van der Waals surface area contributed by atoms with E-state index in [4.69, 9.17) is 27.9 Å². The maximum absolute atomic E-state index is 12.8. The van der Waals surface area contributed by atoms with Gasteiger partial charge in [-0.2, -0.15) is 0 Å². The summed E-state index contributed by atoms with van der Waals surface area (Å²) < 4.78 is 5.17. The fourth-order valence-corrected chi connectivity index (χ4v) is 3.28. The second kappa shape index (κ2) is 10.5. The molecule has 156 valence electrons. The molecule has 0 saturated heterocycles. The third kappa shape index (κ3) is 6.38. The molecule has 2 rings (SSSR count). The van der Waals surface area contributed by atoms with Crippen LogP contribution in [-0.4, -0.2) is 29.9 Å². The Hall–Kier alpha value is -2.24. The topological polar surface area (TPSA) is 58.6 Å². The Morgan fingerprint density at radius 1 is 1.07 bits per heavy atom. The second-order valence-corrected chi connectivity index (χ2v) is 7.94. The number of ether oxygens (including phenoxy) is 1. The van der Waals surface area contributed by atoms with Gasteiger partial charge < -0.3 is 15.0 Å². The SMILES string of the molecule is COc1ccc(CN(C(=O)C(C)C)[C@H](C)C(=O)NCc2ccc(Cl)cc2Cl)cc1. The summed E-state index contributed by atoms with van der Waals surface area (Å²) in [5, 5.41) is 3.88. The molecule has 2 aromatic carbocycles. The van der Waals surface area contributed by atoms with Crippen LogP contribution < -0.4 is 10.1 Å². The fraction of sp³-hybridized carbons (Fsp3) is 0.364. The maximum Gasteiger partial charge on any atom is 0.242 e. The molecule has 0 radical (unpaired) electrons. The van der Waals surface area contributed by atoms with E-state index >= 15 is 0 Å². The second-order valence-electron chi connectivity index (χ2n) is 7.10. The standard InChI is InChI=1S/C22H26Cl2N2O3/c1-14(2)22(28)26(13-16-5-9-19(29-4)10-6-16)15(3)21(27)25-12-17-7-8-18(23)11-20(17)24/h5-11,14-15H,12-13H2,1-4H3,(H,25,27)/t15-/m1/s1. The Bertz CT molecular complexity index is 854. The van der Waals surface area contributed by atoms with E-state index < -0.39 is 6.04 Å². The van der Waals surface area contributed by atoms with Crippen molar-refractivity contribution in [2.45, 2.75) is 39.9 Å². The van der Waals surface area contributed by atoms with E-state index in [0.29, 0.717) is 16.6 Å². The summed E-state index contributed by atoms with van der Waals surface area (Å²) in [5.74, 6) is 0.168. The van der Waals surface area contributed by atoms with Gasteiger partial charge in [0.25, 0.3) is 0 Å². The third-order valence-electron chi connectivity index (χ3n) is 4.60. The molecular formula is C22H26Cl2N2O3. The molecule has 0 aliphatic heterocycles. The first-order valence-electron chi connectivity index (χ1n) is 9.38. The number of benzene rings is 2. The van der Waals surface area contributed by atoms with Gasteiger partial charge >= 0.3 is 0 Å². The number of halogens is 2. The number of carbonyl (C=O) groups is 2. The van der Waals surface area contributed by atoms with E-state index in [1.807, 2.05) is 38.1 Å². The van der Waals surface area contributed by atoms with E-state index in [1.165, 1.54) is 0 Å². The molecule has 0 saturated carbocycles. The van der Waals surface area contributed by atoms with Gasteiger partial charge in [-0.3, -0.25) is 9.59 Å². The van der Waals surface area contributed by atoms with Crippen molar-refractivity contribution < 1.29 is 14.3 Å². The first kappa shape index (κ1) is 23.0. The van der Waals surface area contributed by atoms with Crippen LogP contribution in [0, 0.1) is 5.92 Å². The normalized spacial score (nSPS) is 11.8. The Balaban J connectivity index is 2.11. The molecule has 29 heavy (non-hydrogen) atoms. The largest absolute Gasteiger partial charge is 0.497 e. The first-order valence-corrected chi connectivity index (χ1v) is 10.1. The summed E-state index contributed by atoms with van der Waals surface area (Å²) in [6.07, 6.45) is 0. The van der Waals surface area contributed by atoms with Crippen molar-refractivity contribution in [1.29, 1.82) is 0 Å². The molecule has 1 atom stereocenters. The number of nitrogens with one attached hydrogen (secondary N) is 1. The van der Waals surface area contributed by atoms with Crippen molar-refractivity contribution >= 4 is 35.0 Å². The van der Waals surface area contributed by atoms with Crippen molar-refractivity contribution in [3.8, 4) is 5.75 Å². The van der Waals surface area contributed by atoms with Gasteiger partial charge in [-0.25, -0.2) is 0 Å². The number of methoxy groups -OCH3 is 1. The van der Waals surface area contributed by atoms with Crippen LogP contribution in [0.15, 0.2) is 42.5 Å². The number of nitrogens with zero attached hydrogens (tertiary/aromatic N) is 1. The number of carbonyl (C=O) groups excluding carboxylic acids is 2. The number of hydrogen-bond acceptors (Lipinski definition) is 3. The monoisotopic (exact) mass is 436 g/mol. The van der Waals surface area contributed by atoms with Crippen LogP contribution >= 0.6 is 23.2 Å². The van der Waals surface area contributed by atoms with Gasteiger partial charge in [-0.1, -0.05) is 55.2 Å². The van der Waals surface area contributed by atoms with Gasteiger partial charge in [0.05, 0.1) is 7.11 Å². The Labute approximate surface area is 181 Å². The molecule has 7 heteroatoms. The van der Waals surface area contributed by atoms with Crippen molar-refractivity contribution in [1.82, 2.24) is 10.2 Å². The van der Waals surface area contributed by atoms with Crippen LogP contribution in [0.5, 0.6) is 5.75 Å². The van der Waals surface area contributed by atoms with Crippen molar-refractivity contribution in [2.24, 2.45) is 5.92 Å². The molecule has 0 aliphatic carbocycles. The van der Waals surface area contributed by atoms with Gasteiger partial charge in [0.1, 0.15) is 11.8 Å².